The van der Waals surface area contributed by atoms with Crippen LogP contribution in [-0.2, 0) is 0 Å². The molecule has 0 fully saturated rings. The number of amides is 2. The zero-order chi connectivity index (χ0) is 17.6. The number of phenols is 1. The second-order valence-electron chi connectivity index (χ2n) is 5.24. The molecule has 2 aromatic carbocycles. The van der Waals surface area contributed by atoms with Crippen LogP contribution in [0.4, 0.5) is 11.4 Å². The Morgan fingerprint density at radius 3 is 2.04 bits per heavy atom. The van der Waals surface area contributed by atoms with Crippen LogP contribution in [0.2, 0.25) is 0 Å². The molecule has 0 saturated heterocycles. The van der Waals surface area contributed by atoms with Crippen molar-refractivity contribution in [2.24, 2.45) is 0 Å². The Bertz CT molecular complexity index is 893. The quantitative estimate of drug-likeness (QED) is 0.683. The molecule has 0 spiro atoms. The van der Waals surface area contributed by atoms with Crippen LogP contribution in [0.3, 0.4) is 0 Å². The van der Waals surface area contributed by atoms with E-state index in [0.29, 0.717) is 16.9 Å². The maximum Gasteiger partial charge on any atom is 0.259 e. The molecule has 6 nitrogen and oxygen atoms in total. The zero-order valence-electron chi connectivity index (χ0n) is 13.1. The summed E-state index contributed by atoms with van der Waals surface area (Å²) in [5, 5.41) is 15.1. The van der Waals surface area contributed by atoms with Gasteiger partial charge in [-0.1, -0.05) is 12.1 Å². The Morgan fingerprint density at radius 2 is 1.44 bits per heavy atom. The third-order valence-electron chi connectivity index (χ3n) is 3.47. The number of aromatic hydroxyl groups is 1. The molecule has 0 unspecified atom stereocenters. The second-order valence-corrected chi connectivity index (χ2v) is 5.24. The molecule has 0 aliphatic rings. The van der Waals surface area contributed by atoms with Crippen molar-refractivity contribution in [3.05, 3.63) is 84.2 Å². The number of aromatic nitrogens is 1. The van der Waals surface area contributed by atoms with E-state index in [-0.39, 0.29) is 17.2 Å². The third-order valence-corrected chi connectivity index (χ3v) is 3.47. The maximum atomic E-state index is 12.1. The van der Waals surface area contributed by atoms with Crippen LogP contribution < -0.4 is 10.6 Å². The number of carbonyl (C=O) groups excluding carboxylic acids is 2. The molecular formula is C19H15N3O3. The van der Waals surface area contributed by atoms with Crippen molar-refractivity contribution >= 4 is 23.2 Å². The van der Waals surface area contributed by atoms with Crippen molar-refractivity contribution in [2.45, 2.75) is 0 Å². The average Bonchev–Trinajstić information content (AvgIpc) is 2.64. The van der Waals surface area contributed by atoms with Gasteiger partial charge >= 0.3 is 0 Å². The predicted molar refractivity (Wildman–Crippen MR) is 94.7 cm³/mol. The number of hydrogen-bond acceptors (Lipinski definition) is 4. The van der Waals surface area contributed by atoms with Gasteiger partial charge in [0.2, 0.25) is 0 Å². The van der Waals surface area contributed by atoms with Crippen molar-refractivity contribution < 1.29 is 14.7 Å². The summed E-state index contributed by atoms with van der Waals surface area (Å²) < 4.78 is 0. The van der Waals surface area contributed by atoms with E-state index in [1.165, 1.54) is 18.3 Å². The fourth-order valence-electron chi connectivity index (χ4n) is 2.20. The van der Waals surface area contributed by atoms with Crippen molar-refractivity contribution in [2.75, 3.05) is 10.6 Å². The van der Waals surface area contributed by atoms with Crippen LogP contribution >= 0.6 is 0 Å². The summed E-state index contributed by atoms with van der Waals surface area (Å²) in [5.74, 6) is -0.760. The molecule has 0 atom stereocenters. The summed E-state index contributed by atoms with van der Waals surface area (Å²) in [5.41, 5.74) is 1.79. The van der Waals surface area contributed by atoms with Crippen molar-refractivity contribution in [3.63, 3.8) is 0 Å². The molecule has 0 radical (unpaired) electrons. The molecule has 124 valence electrons. The van der Waals surface area contributed by atoms with Gasteiger partial charge in [-0.05, 0) is 48.5 Å². The molecule has 0 aliphatic heterocycles. The molecular weight excluding hydrogens is 318 g/mol. The zero-order valence-corrected chi connectivity index (χ0v) is 13.1. The molecule has 6 heteroatoms. The first kappa shape index (κ1) is 16.2. The van der Waals surface area contributed by atoms with E-state index < -0.39 is 5.91 Å². The van der Waals surface area contributed by atoms with Gasteiger partial charge in [-0.15, -0.1) is 0 Å². The number of hydrogen-bond donors (Lipinski definition) is 3. The molecule has 1 aromatic heterocycles. The van der Waals surface area contributed by atoms with E-state index in [0.717, 1.165) is 0 Å². The Balaban J connectivity index is 1.65. The molecule has 3 aromatic rings. The van der Waals surface area contributed by atoms with Gasteiger partial charge in [0.15, 0.2) is 0 Å². The molecule has 1 heterocycles. The number of pyridine rings is 1. The minimum absolute atomic E-state index is 0.0830. The molecule has 3 N–H and O–H groups in total. The molecule has 3 rings (SSSR count). The van der Waals surface area contributed by atoms with Gasteiger partial charge in [-0.2, -0.15) is 0 Å². The van der Waals surface area contributed by atoms with Crippen LogP contribution in [0.5, 0.6) is 5.75 Å². The summed E-state index contributed by atoms with van der Waals surface area (Å²) >= 11 is 0. The lowest BCUT2D eigenvalue weighted by Crippen LogP contribution is -2.13. The van der Waals surface area contributed by atoms with Crippen molar-refractivity contribution in [1.82, 2.24) is 4.98 Å². The highest BCUT2D eigenvalue weighted by Crippen LogP contribution is 2.19. The summed E-state index contributed by atoms with van der Waals surface area (Å²) in [4.78, 5) is 28.1. The second kappa shape index (κ2) is 7.27. The van der Waals surface area contributed by atoms with Crippen LogP contribution in [0.25, 0.3) is 0 Å². The lowest BCUT2D eigenvalue weighted by molar-refractivity contribution is 0.101. The Hall–Kier alpha value is -3.67. The number of carbonyl (C=O) groups is 2. The predicted octanol–water partition coefficient (Wildman–Crippen LogP) is 3.29. The monoisotopic (exact) mass is 333 g/mol. The lowest BCUT2D eigenvalue weighted by Gasteiger charge is -2.08. The normalized spacial score (nSPS) is 10.1. The Kier molecular flexibility index (Phi) is 4.71. The average molecular weight is 333 g/mol. The van der Waals surface area contributed by atoms with E-state index in [2.05, 4.69) is 15.6 Å². The van der Waals surface area contributed by atoms with Gasteiger partial charge in [-0.3, -0.25) is 14.6 Å². The topological polar surface area (TPSA) is 91.3 Å². The highest BCUT2D eigenvalue weighted by molar-refractivity contribution is 6.06. The van der Waals surface area contributed by atoms with Gasteiger partial charge in [0.25, 0.3) is 11.8 Å². The molecule has 0 aliphatic carbocycles. The van der Waals surface area contributed by atoms with Crippen molar-refractivity contribution in [1.29, 1.82) is 0 Å². The number of benzene rings is 2. The Morgan fingerprint density at radius 1 is 0.800 bits per heavy atom. The summed E-state index contributed by atoms with van der Waals surface area (Å²) in [7, 11) is 0. The molecule has 0 saturated carbocycles. The number of para-hydroxylation sites is 1. The highest BCUT2D eigenvalue weighted by Gasteiger charge is 2.10. The van der Waals surface area contributed by atoms with Crippen LogP contribution in [0.15, 0.2) is 73.1 Å². The largest absolute Gasteiger partial charge is 0.507 e. The summed E-state index contributed by atoms with van der Waals surface area (Å²) in [6.45, 7) is 0. The van der Waals surface area contributed by atoms with E-state index in [1.807, 2.05) is 0 Å². The minimum atomic E-state index is -0.412. The standard InChI is InChI=1S/C19H15N3O3/c23-17-6-2-1-5-16(17)19(25)22-15-9-7-14(8-10-15)21-18(24)13-4-3-11-20-12-13/h1-12,23H,(H,21,24)(H,22,25). The fourth-order valence-corrected chi connectivity index (χ4v) is 2.20. The third kappa shape index (κ3) is 4.00. The molecule has 2 amide bonds. The van der Waals surface area contributed by atoms with E-state index in [9.17, 15) is 14.7 Å². The van der Waals surface area contributed by atoms with Gasteiger partial charge in [-0.25, -0.2) is 0 Å². The first-order valence-corrected chi connectivity index (χ1v) is 7.54. The van der Waals surface area contributed by atoms with E-state index >= 15 is 0 Å². The van der Waals surface area contributed by atoms with Gasteiger partial charge < -0.3 is 15.7 Å². The fraction of sp³-hybridized carbons (Fsp3) is 0. The highest BCUT2D eigenvalue weighted by atomic mass is 16.3. The first-order chi connectivity index (χ1) is 12.1. The van der Waals surface area contributed by atoms with Crippen molar-refractivity contribution in [3.8, 4) is 5.75 Å². The number of phenolic OH excluding ortho intramolecular Hbond substituents is 1. The Labute approximate surface area is 144 Å². The van der Waals surface area contributed by atoms with Crippen LogP contribution in [0.1, 0.15) is 20.7 Å². The number of rotatable bonds is 4. The lowest BCUT2D eigenvalue weighted by atomic mass is 10.2. The van der Waals surface area contributed by atoms with Gasteiger partial charge in [0.1, 0.15) is 5.75 Å². The van der Waals surface area contributed by atoms with E-state index in [1.54, 1.807) is 54.7 Å². The number of nitrogens with one attached hydrogen (secondary N) is 2. The number of anilines is 2. The van der Waals surface area contributed by atoms with Gasteiger partial charge in [0, 0.05) is 23.8 Å². The molecule has 25 heavy (non-hydrogen) atoms. The van der Waals surface area contributed by atoms with Crippen LogP contribution in [-0.4, -0.2) is 21.9 Å². The summed E-state index contributed by atoms with van der Waals surface area (Å²) in [6, 6.07) is 16.3. The van der Waals surface area contributed by atoms with Crippen LogP contribution in [0, 0.1) is 0 Å². The first-order valence-electron chi connectivity index (χ1n) is 7.54. The summed E-state index contributed by atoms with van der Waals surface area (Å²) in [6.07, 6.45) is 3.08. The molecule has 0 bridgehead atoms. The SMILES string of the molecule is O=C(Nc1ccc(NC(=O)c2ccccc2O)cc1)c1cccnc1. The smallest absolute Gasteiger partial charge is 0.259 e. The minimum Gasteiger partial charge on any atom is -0.507 e. The van der Waals surface area contributed by atoms with Gasteiger partial charge in [0.05, 0.1) is 11.1 Å². The van der Waals surface area contributed by atoms with E-state index in [4.69, 9.17) is 0 Å². The number of nitrogens with zero attached hydrogens (tertiary/aromatic N) is 1. The maximum absolute atomic E-state index is 12.1.